The Morgan fingerprint density at radius 3 is 3.05 bits per heavy atom. The molecule has 2 heterocycles. The van der Waals surface area contributed by atoms with Gasteiger partial charge in [0.15, 0.2) is 0 Å². The van der Waals surface area contributed by atoms with Gasteiger partial charge < -0.3 is 5.32 Å². The average molecular weight is 278 g/mol. The van der Waals surface area contributed by atoms with E-state index in [4.69, 9.17) is 0 Å². The fourth-order valence-corrected chi connectivity index (χ4v) is 4.27. The van der Waals surface area contributed by atoms with Crippen molar-refractivity contribution in [1.82, 2.24) is 10.2 Å². The lowest BCUT2D eigenvalue weighted by molar-refractivity contribution is -0.123. The summed E-state index contributed by atoms with van der Waals surface area (Å²) in [4.78, 5) is 15.9. The van der Waals surface area contributed by atoms with E-state index < -0.39 is 0 Å². The van der Waals surface area contributed by atoms with Crippen LogP contribution < -0.4 is 5.32 Å². The smallest absolute Gasteiger partial charge is 0.234 e. The van der Waals surface area contributed by atoms with Crippen molar-refractivity contribution in [1.29, 1.82) is 0 Å². The third-order valence-electron chi connectivity index (χ3n) is 4.47. The molecule has 0 aromatic carbocycles. The zero-order valence-corrected chi connectivity index (χ0v) is 12.3. The summed E-state index contributed by atoms with van der Waals surface area (Å²) < 4.78 is 0. The number of hydrogen-bond acceptors (Lipinski definition) is 3. The Bertz CT molecular complexity index is 451. The molecule has 0 spiro atoms. The number of thiophene rings is 1. The topological polar surface area (TPSA) is 32.3 Å². The summed E-state index contributed by atoms with van der Waals surface area (Å²) in [6.07, 6.45) is 5.95. The van der Waals surface area contributed by atoms with Crippen molar-refractivity contribution in [3.05, 3.63) is 21.9 Å². The summed E-state index contributed by atoms with van der Waals surface area (Å²) in [6, 6.07) is 3.03. The van der Waals surface area contributed by atoms with Gasteiger partial charge in [0.25, 0.3) is 0 Å². The van der Waals surface area contributed by atoms with Crippen molar-refractivity contribution in [2.45, 2.75) is 51.1 Å². The van der Waals surface area contributed by atoms with Crippen LogP contribution >= 0.6 is 11.3 Å². The van der Waals surface area contributed by atoms with Crippen molar-refractivity contribution in [2.24, 2.45) is 0 Å². The molecule has 0 bridgehead atoms. The van der Waals surface area contributed by atoms with Crippen LogP contribution in [0.3, 0.4) is 0 Å². The molecule has 1 amide bonds. The Morgan fingerprint density at radius 2 is 2.26 bits per heavy atom. The Hall–Kier alpha value is -0.870. The minimum atomic E-state index is 0.206. The Morgan fingerprint density at radius 1 is 1.47 bits per heavy atom. The average Bonchev–Trinajstić information content (AvgIpc) is 3.03. The van der Waals surface area contributed by atoms with E-state index in [1.165, 1.54) is 23.3 Å². The van der Waals surface area contributed by atoms with Crippen molar-refractivity contribution < 1.29 is 4.79 Å². The normalized spacial score (nSPS) is 24.4. The number of fused-ring (bicyclic) bond motifs is 1. The Balaban J connectivity index is 1.57. The Kier molecular flexibility index (Phi) is 3.89. The summed E-state index contributed by atoms with van der Waals surface area (Å²) in [5.41, 5.74) is 1.42. The van der Waals surface area contributed by atoms with E-state index in [1.54, 1.807) is 0 Å². The van der Waals surface area contributed by atoms with Gasteiger partial charge in [0.05, 0.1) is 6.54 Å². The molecule has 1 aromatic heterocycles. The molecule has 104 valence electrons. The molecule has 1 aliphatic heterocycles. The monoisotopic (exact) mass is 278 g/mol. The van der Waals surface area contributed by atoms with Crippen LogP contribution in [0.25, 0.3) is 0 Å². The molecule has 3 nitrogen and oxygen atoms in total. The molecule has 4 heteroatoms. The third kappa shape index (κ3) is 2.84. The molecular formula is C15H22N2OS. The highest BCUT2D eigenvalue weighted by atomic mass is 32.1. The van der Waals surface area contributed by atoms with Gasteiger partial charge in [0.1, 0.15) is 0 Å². The van der Waals surface area contributed by atoms with Crippen molar-refractivity contribution in [2.75, 3.05) is 13.1 Å². The second-order valence-electron chi connectivity index (χ2n) is 5.74. The Labute approximate surface area is 119 Å². The highest BCUT2D eigenvalue weighted by Crippen LogP contribution is 2.32. The molecule has 0 radical (unpaired) electrons. The predicted octanol–water partition coefficient (Wildman–Crippen LogP) is 2.73. The van der Waals surface area contributed by atoms with E-state index in [0.29, 0.717) is 18.6 Å². The van der Waals surface area contributed by atoms with E-state index in [-0.39, 0.29) is 5.91 Å². The highest BCUT2D eigenvalue weighted by molar-refractivity contribution is 7.10. The van der Waals surface area contributed by atoms with Crippen molar-refractivity contribution in [3.8, 4) is 0 Å². The lowest BCUT2D eigenvalue weighted by Gasteiger charge is -2.33. The maximum Gasteiger partial charge on any atom is 0.234 e. The number of hydrogen-bond donors (Lipinski definition) is 1. The lowest BCUT2D eigenvalue weighted by Crippen LogP contribution is -2.44. The number of carbonyl (C=O) groups excluding carboxylic acids is 1. The maximum absolute atomic E-state index is 12.1. The summed E-state index contributed by atoms with van der Waals surface area (Å²) in [5.74, 6) is 0.206. The first-order chi connectivity index (χ1) is 9.24. The number of rotatable bonds is 3. The van der Waals surface area contributed by atoms with Crippen LogP contribution in [-0.2, 0) is 11.2 Å². The minimum Gasteiger partial charge on any atom is -0.352 e. The molecule has 0 saturated heterocycles. The quantitative estimate of drug-likeness (QED) is 0.922. The van der Waals surface area contributed by atoms with Crippen LogP contribution in [0.15, 0.2) is 11.4 Å². The van der Waals surface area contributed by atoms with Gasteiger partial charge in [0, 0.05) is 23.5 Å². The van der Waals surface area contributed by atoms with Gasteiger partial charge in [-0.05, 0) is 43.2 Å². The van der Waals surface area contributed by atoms with Crippen molar-refractivity contribution >= 4 is 17.2 Å². The summed E-state index contributed by atoms with van der Waals surface area (Å²) in [7, 11) is 0. The maximum atomic E-state index is 12.1. The van der Waals surface area contributed by atoms with Crippen LogP contribution in [0.5, 0.6) is 0 Å². The van der Waals surface area contributed by atoms with E-state index in [9.17, 15) is 4.79 Å². The first kappa shape index (κ1) is 13.1. The summed E-state index contributed by atoms with van der Waals surface area (Å²) >= 11 is 1.85. The van der Waals surface area contributed by atoms with Gasteiger partial charge >= 0.3 is 0 Å². The van der Waals surface area contributed by atoms with Crippen LogP contribution in [0.2, 0.25) is 0 Å². The number of amides is 1. The molecule has 1 fully saturated rings. The summed E-state index contributed by atoms with van der Waals surface area (Å²) in [5, 5.41) is 5.36. The molecule has 19 heavy (non-hydrogen) atoms. The molecule has 1 atom stereocenters. The molecule has 2 aliphatic rings. The van der Waals surface area contributed by atoms with E-state index >= 15 is 0 Å². The largest absolute Gasteiger partial charge is 0.352 e. The SMILES string of the molecule is C[C@H]1c2ccsc2CCN1CC(=O)NC1CCCC1. The number of nitrogens with one attached hydrogen (secondary N) is 1. The molecule has 1 N–H and O–H groups in total. The van der Waals surface area contributed by atoms with E-state index in [1.807, 2.05) is 11.3 Å². The first-order valence-electron chi connectivity index (χ1n) is 7.33. The molecule has 1 aliphatic carbocycles. The molecule has 3 rings (SSSR count). The van der Waals surface area contributed by atoms with Crippen LogP contribution in [0, 0.1) is 0 Å². The van der Waals surface area contributed by atoms with Gasteiger partial charge in [-0.2, -0.15) is 0 Å². The molecular weight excluding hydrogens is 256 g/mol. The van der Waals surface area contributed by atoms with Crippen LogP contribution in [-0.4, -0.2) is 29.9 Å². The van der Waals surface area contributed by atoms with E-state index in [2.05, 4.69) is 28.6 Å². The van der Waals surface area contributed by atoms with Crippen LogP contribution in [0.1, 0.15) is 49.1 Å². The van der Waals surface area contributed by atoms with Gasteiger partial charge in [-0.1, -0.05) is 12.8 Å². The molecule has 0 unspecified atom stereocenters. The minimum absolute atomic E-state index is 0.206. The second kappa shape index (κ2) is 5.63. The van der Waals surface area contributed by atoms with Crippen molar-refractivity contribution in [3.63, 3.8) is 0 Å². The first-order valence-corrected chi connectivity index (χ1v) is 8.21. The van der Waals surface area contributed by atoms with Crippen LogP contribution in [0.4, 0.5) is 0 Å². The van der Waals surface area contributed by atoms with Gasteiger partial charge in [-0.15, -0.1) is 11.3 Å². The van der Waals surface area contributed by atoms with E-state index in [0.717, 1.165) is 25.8 Å². The standard InChI is InChI=1S/C15H22N2OS/c1-11-13-7-9-19-14(13)6-8-17(11)10-15(18)16-12-4-2-3-5-12/h7,9,11-12H,2-6,8,10H2,1H3,(H,16,18)/t11-/m0/s1. The third-order valence-corrected chi connectivity index (χ3v) is 5.47. The number of nitrogens with zero attached hydrogens (tertiary/aromatic N) is 1. The second-order valence-corrected chi connectivity index (χ2v) is 6.75. The van der Waals surface area contributed by atoms with Gasteiger partial charge in [-0.3, -0.25) is 9.69 Å². The fourth-order valence-electron chi connectivity index (χ4n) is 3.31. The summed E-state index contributed by atoms with van der Waals surface area (Å²) in [6.45, 7) is 3.77. The van der Waals surface area contributed by atoms with Gasteiger partial charge in [-0.25, -0.2) is 0 Å². The highest BCUT2D eigenvalue weighted by Gasteiger charge is 2.27. The fraction of sp³-hybridized carbons (Fsp3) is 0.667. The zero-order valence-electron chi connectivity index (χ0n) is 11.5. The number of carbonyl (C=O) groups is 1. The van der Waals surface area contributed by atoms with Gasteiger partial charge in [0.2, 0.25) is 5.91 Å². The lowest BCUT2D eigenvalue weighted by atomic mass is 10.0. The molecule has 1 aromatic rings. The molecule has 1 saturated carbocycles. The zero-order chi connectivity index (χ0) is 13.2. The predicted molar refractivity (Wildman–Crippen MR) is 78.4 cm³/mol.